The smallest absolute Gasteiger partial charge is 0.137 e. The van der Waals surface area contributed by atoms with Gasteiger partial charge >= 0.3 is 0 Å². The Labute approximate surface area is 126 Å². The summed E-state index contributed by atoms with van der Waals surface area (Å²) in [6.45, 7) is 3.04. The number of hydrogen-bond acceptors (Lipinski definition) is 3. The molecule has 4 nitrogen and oxygen atoms in total. The van der Waals surface area contributed by atoms with Gasteiger partial charge in [-0.1, -0.05) is 26.2 Å². The van der Waals surface area contributed by atoms with Crippen molar-refractivity contribution in [2.24, 2.45) is 0 Å². The van der Waals surface area contributed by atoms with E-state index in [-0.39, 0.29) is 0 Å². The zero-order chi connectivity index (χ0) is 14.5. The molecule has 0 saturated carbocycles. The van der Waals surface area contributed by atoms with Crippen LogP contribution in [0.3, 0.4) is 0 Å². The molecular formula is C17H23N3O. The number of rotatable bonds is 6. The molecule has 0 N–H and O–H groups in total. The van der Waals surface area contributed by atoms with E-state index >= 15 is 0 Å². The molecule has 0 fully saturated rings. The maximum atomic E-state index is 5.89. The average molecular weight is 285 g/mol. The largest absolute Gasteiger partial charge is 0.494 e. The molecule has 0 radical (unpaired) electrons. The Morgan fingerprint density at radius 2 is 2.14 bits per heavy atom. The quantitative estimate of drug-likeness (QED) is 0.759. The second-order valence-corrected chi connectivity index (χ2v) is 5.67. The lowest BCUT2D eigenvalue weighted by Crippen LogP contribution is -2.01. The van der Waals surface area contributed by atoms with Crippen molar-refractivity contribution in [3.8, 4) is 11.4 Å². The number of hydrogen-bond donors (Lipinski definition) is 0. The Morgan fingerprint density at radius 1 is 1.19 bits per heavy atom. The Bertz CT molecular complexity index is 591. The highest BCUT2D eigenvalue weighted by molar-refractivity contribution is 5.47. The predicted molar refractivity (Wildman–Crippen MR) is 83.0 cm³/mol. The van der Waals surface area contributed by atoms with Crippen LogP contribution in [0.5, 0.6) is 5.75 Å². The molecule has 0 amide bonds. The summed E-state index contributed by atoms with van der Waals surface area (Å²) in [4.78, 5) is 0. The van der Waals surface area contributed by atoms with Crippen LogP contribution >= 0.6 is 0 Å². The van der Waals surface area contributed by atoms with Gasteiger partial charge in [-0.3, -0.25) is 4.57 Å². The Kier molecular flexibility index (Phi) is 4.53. The molecule has 4 heteroatoms. The van der Waals surface area contributed by atoms with Crippen LogP contribution in [-0.2, 0) is 12.8 Å². The minimum Gasteiger partial charge on any atom is -0.494 e. The summed E-state index contributed by atoms with van der Waals surface area (Å²) in [5, 5.41) is 8.22. The van der Waals surface area contributed by atoms with Crippen molar-refractivity contribution in [2.75, 3.05) is 6.61 Å². The van der Waals surface area contributed by atoms with Crippen LogP contribution in [0.1, 0.15) is 50.4 Å². The van der Waals surface area contributed by atoms with Gasteiger partial charge in [0, 0.05) is 6.42 Å². The van der Waals surface area contributed by atoms with Crippen molar-refractivity contribution < 1.29 is 4.74 Å². The third kappa shape index (κ3) is 3.26. The lowest BCUT2D eigenvalue weighted by atomic mass is 10.1. The summed E-state index contributed by atoms with van der Waals surface area (Å²) in [7, 11) is 0. The zero-order valence-electron chi connectivity index (χ0n) is 12.7. The molecular weight excluding hydrogens is 262 g/mol. The van der Waals surface area contributed by atoms with E-state index in [1.807, 2.05) is 6.33 Å². The van der Waals surface area contributed by atoms with Crippen LogP contribution in [0.15, 0.2) is 24.5 Å². The molecule has 1 aromatic heterocycles. The van der Waals surface area contributed by atoms with Gasteiger partial charge in [0.05, 0.1) is 12.3 Å². The van der Waals surface area contributed by atoms with Crippen LogP contribution < -0.4 is 4.74 Å². The number of ether oxygens (including phenoxy) is 1. The fourth-order valence-electron chi connectivity index (χ4n) is 2.87. The Balaban J connectivity index is 1.69. The van der Waals surface area contributed by atoms with Crippen molar-refractivity contribution in [2.45, 2.75) is 51.9 Å². The van der Waals surface area contributed by atoms with E-state index < -0.39 is 0 Å². The van der Waals surface area contributed by atoms with Gasteiger partial charge in [0.25, 0.3) is 0 Å². The van der Waals surface area contributed by atoms with Crippen LogP contribution in [-0.4, -0.2) is 21.4 Å². The Hall–Kier alpha value is -1.84. The van der Waals surface area contributed by atoms with Crippen LogP contribution in [0.25, 0.3) is 5.69 Å². The first-order chi connectivity index (χ1) is 10.4. The molecule has 1 aliphatic rings. The zero-order valence-corrected chi connectivity index (χ0v) is 12.7. The topological polar surface area (TPSA) is 39.9 Å². The van der Waals surface area contributed by atoms with E-state index in [0.29, 0.717) is 0 Å². The molecule has 112 valence electrons. The first-order valence-electron chi connectivity index (χ1n) is 8.03. The van der Waals surface area contributed by atoms with Gasteiger partial charge in [0.15, 0.2) is 0 Å². The van der Waals surface area contributed by atoms with E-state index in [2.05, 4.69) is 39.9 Å². The number of benzene rings is 1. The molecule has 0 aliphatic carbocycles. The van der Waals surface area contributed by atoms with Crippen molar-refractivity contribution >= 4 is 0 Å². The molecule has 0 bridgehead atoms. The predicted octanol–water partition coefficient (Wildman–Crippen LogP) is 3.72. The number of fused-ring (bicyclic) bond motifs is 3. The van der Waals surface area contributed by atoms with E-state index in [9.17, 15) is 0 Å². The van der Waals surface area contributed by atoms with Gasteiger partial charge in [-0.15, -0.1) is 10.2 Å². The van der Waals surface area contributed by atoms with Crippen LogP contribution in [0, 0.1) is 0 Å². The van der Waals surface area contributed by atoms with Crippen molar-refractivity contribution in [3.05, 3.63) is 35.9 Å². The molecule has 2 aromatic rings. The van der Waals surface area contributed by atoms with Gasteiger partial charge in [0.2, 0.25) is 0 Å². The average Bonchev–Trinajstić information content (AvgIpc) is 2.89. The van der Waals surface area contributed by atoms with Gasteiger partial charge in [-0.2, -0.15) is 0 Å². The fraction of sp³-hybridized carbons (Fsp3) is 0.529. The minimum absolute atomic E-state index is 0.816. The number of unbranched alkanes of at least 4 members (excludes halogenated alkanes) is 3. The van der Waals surface area contributed by atoms with E-state index in [1.54, 1.807) is 0 Å². The number of nitrogens with zero attached hydrogens (tertiary/aromatic N) is 3. The maximum absolute atomic E-state index is 5.89. The number of aromatic nitrogens is 3. The molecule has 2 heterocycles. The third-order valence-electron chi connectivity index (χ3n) is 4.04. The second kappa shape index (κ2) is 6.74. The van der Waals surface area contributed by atoms with E-state index in [0.717, 1.165) is 43.9 Å². The highest BCUT2D eigenvalue weighted by Gasteiger charge is 2.15. The van der Waals surface area contributed by atoms with Crippen molar-refractivity contribution in [3.63, 3.8) is 0 Å². The van der Waals surface area contributed by atoms with Crippen LogP contribution in [0.2, 0.25) is 0 Å². The summed E-state index contributed by atoms with van der Waals surface area (Å²) < 4.78 is 7.99. The summed E-state index contributed by atoms with van der Waals surface area (Å²) >= 11 is 0. The third-order valence-corrected chi connectivity index (χ3v) is 4.04. The standard InChI is InChI=1S/C17H23N3O/c1-2-3-4-5-11-21-15-9-10-16-14(12-15)7-6-8-17-19-18-13-20(16)17/h9-10,12-13H,2-8,11H2,1H3. The highest BCUT2D eigenvalue weighted by atomic mass is 16.5. The first kappa shape index (κ1) is 14.1. The summed E-state index contributed by atoms with van der Waals surface area (Å²) in [5.41, 5.74) is 2.53. The maximum Gasteiger partial charge on any atom is 0.137 e. The second-order valence-electron chi connectivity index (χ2n) is 5.67. The highest BCUT2D eigenvalue weighted by Crippen LogP contribution is 2.26. The summed E-state index contributed by atoms with van der Waals surface area (Å²) in [6, 6.07) is 6.38. The lowest BCUT2D eigenvalue weighted by Gasteiger charge is -2.11. The number of aryl methyl sites for hydroxylation is 2. The minimum atomic E-state index is 0.816. The fourth-order valence-corrected chi connectivity index (χ4v) is 2.87. The van der Waals surface area contributed by atoms with Gasteiger partial charge in [-0.25, -0.2) is 0 Å². The van der Waals surface area contributed by atoms with E-state index in [1.165, 1.54) is 30.5 Å². The first-order valence-corrected chi connectivity index (χ1v) is 8.03. The molecule has 0 atom stereocenters. The summed E-state index contributed by atoms with van der Waals surface area (Å²) in [6.07, 6.45) is 9.94. The van der Waals surface area contributed by atoms with Gasteiger partial charge < -0.3 is 4.74 Å². The molecule has 0 saturated heterocycles. The SMILES string of the molecule is CCCCCCOc1ccc2c(c1)CCCc1nncn1-2. The molecule has 0 unspecified atom stereocenters. The Morgan fingerprint density at radius 3 is 3.05 bits per heavy atom. The summed E-state index contributed by atoms with van der Waals surface area (Å²) in [5.74, 6) is 2.05. The van der Waals surface area contributed by atoms with Crippen molar-refractivity contribution in [1.82, 2.24) is 14.8 Å². The monoisotopic (exact) mass is 285 g/mol. The molecule has 1 aromatic carbocycles. The van der Waals surface area contributed by atoms with Crippen LogP contribution in [0.4, 0.5) is 0 Å². The van der Waals surface area contributed by atoms with Gasteiger partial charge in [0.1, 0.15) is 17.9 Å². The van der Waals surface area contributed by atoms with E-state index in [4.69, 9.17) is 4.74 Å². The molecule has 0 spiro atoms. The van der Waals surface area contributed by atoms with Gasteiger partial charge in [-0.05, 0) is 43.0 Å². The molecule has 21 heavy (non-hydrogen) atoms. The molecule has 1 aliphatic heterocycles. The van der Waals surface area contributed by atoms with Crippen molar-refractivity contribution in [1.29, 1.82) is 0 Å². The normalized spacial score (nSPS) is 13.4. The lowest BCUT2D eigenvalue weighted by molar-refractivity contribution is 0.305. The molecule has 3 rings (SSSR count).